The molecule has 0 aromatic heterocycles. The van der Waals surface area contributed by atoms with Crippen molar-refractivity contribution in [2.75, 3.05) is 19.8 Å². The van der Waals surface area contributed by atoms with Crippen LogP contribution in [-0.4, -0.2) is 25.3 Å². The van der Waals surface area contributed by atoms with Gasteiger partial charge in [-0.05, 0) is 58.9 Å². The highest BCUT2D eigenvalue weighted by atomic mass is 16.5. The third-order valence-corrected chi connectivity index (χ3v) is 3.47. The molecule has 2 heteroatoms. The van der Waals surface area contributed by atoms with Gasteiger partial charge in [0.1, 0.15) is 0 Å². The van der Waals surface area contributed by atoms with Gasteiger partial charge in [-0.25, -0.2) is 0 Å². The van der Waals surface area contributed by atoms with Crippen LogP contribution in [0.4, 0.5) is 0 Å². The Morgan fingerprint density at radius 3 is 2.35 bits per heavy atom. The molecule has 0 heterocycles. The van der Waals surface area contributed by atoms with E-state index >= 15 is 0 Å². The summed E-state index contributed by atoms with van der Waals surface area (Å²) >= 11 is 0. The summed E-state index contributed by atoms with van der Waals surface area (Å²) in [6.07, 6.45) is 2.30. The van der Waals surface area contributed by atoms with Crippen LogP contribution >= 0.6 is 0 Å². The predicted octanol–water partition coefficient (Wildman–Crippen LogP) is 4.28. The van der Waals surface area contributed by atoms with Gasteiger partial charge in [-0.2, -0.15) is 0 Å². The summed E-state index contributed by atoms with van der Waals surface area (Å²) in [6.45, 7) is 13.6. The Morgan fingerprint density at radius 2 is 1.80 bits per heavy atom. The second-order valence-electron chi connectivity index (χ2n) is 6.58. The minimum absolute atomic E-state index is 0.170. The molecule has 0 saturated carbocycles. The maximum Gasteiger partial charge on any atom is 0.0466 e. The molecule has 20 heavy (non-hydrogen) atoms. The lowest BCUT2D eigenvalue weighted by atomic mass is 9.92. The summed E-state index contributed by atoms with van der Waals surface area (Å²) in [4.78, 5) is 0. The second kappa shape index (κ2) is 8.43. The number of aryl methyl sites for hydroxylation is 1. The molecule has 1 N–H and O–H groups in total. The van der Waals surface area contributed by atoms with Gasteiger partial charge in [0.05, 0.1) is 0 Å². The average Bonchev–Trinajstić information content (AvgIpc) is 2.38. The molecule has 0 amide bonds. The van der Waals surface area contributed by atoms with Crippen molar-refractivity contribution in [3.05, 3.63) is 35.4 Å². The first-order valence-electron chi connectivity index (χ1n) is 7.81. The molecule has 0 bridgehead atoms. The highest BCUT2D eigenvalue weighted by Crippen LogP contribution is 2.22. The fraction of sp³-hybridized carbons (Fsp3) is 0.667. The summed E-state index contributed by atoms with van der Waals surface area (Å²) < 4.78 is 5.46. The Bertz CT molecular complexity index is 364. The Kier molecular flexibility index (Phi) is 7.25. The average molecular weight is 277 g/mol. The molecule has 1 aromatic carbocycles. The van der Waals surface area contributed by atoms with E-state index in [4.69, 9.17) is 4.74 Å². The highest BCUT2D eigenvalue weighted by Gasteiger charge is 2.15. The van der Waals surface area contributed by atoms with Gasteiger partial charge >= 0.3 is 0 Å². The molecule has 0 aliphatic rings. The van der Waals surface area contributed by atoms with Crippen molar-refractivity contribution >= 4 is 0 Å². The number of hydrogen-bond acceptors (Lipinski definition) is 2. The number of nitrogens with one attached hydrogen (secondary N) is 1. The van der Waals surface area contributed by atoms with Gasteiger partial charge in [0.15, 0.2) is 0 Å². The van der Waals surface area contributed by atoms with Gasteiger partial charge in [-0.15, -0.1) is 0 Å². The lowest BCUT2D eigenvalue weighted by Crippen LogP contribution is -2.38. The number of hydrogen-bond donors (Lipinski definition) is 1. The monoisotopic (exact) mass is 277 g/mol. The molecule has 0 aliphatic heterocycles. The van der Waals surface area contributed by atoms with Crippen molar-refractivity contribution in [2.24, 2.45) is 0 Å². The molecule has 0 fully saturated rings. The highest BCUT2D eigenvalue weighted by molar-refractivity contribution is 5.24. The van der Waals surface area contributed by atoms with Gasteiger partial charge in [-0.1, -0.05) is 29.8 Å². The van der Waals surface area contributed by atoms with Crippen molar-refractivity contribution < 1.29 is 4.74 Å². The summed E-state index contributed by atoms with van der Waals surface area (Å²) in [5.41, 5.74) is 2.93. The zero-order valence-electron chi connectivity index (χ0n) is 13.8. The van der Waals surface area contributed by atoms with Crippen LogP contribution in [0.3, 0.4) is 0 Å². The van der Waals surface area contributed by atoms with E-state index in [1.807, 2.05) is 0 Å². The van der Waals surface area contributed by atoms with Crippen LogP contribution in [0.5, 0.6) is 0 Å². The first-order valence-corrected chi connectivity index (χ1v) is 7.81. The standard InChI is InChI=1S/C18H31NO/c1-6-20-13-7-8-17(14-19-18(3,4)5)16-11-9-15(2)10-12-16/h9-12,17,19H,6-8,13-14H2,1-5H3. The van der Waals surface area contributed by atoms with E-state index < -0.39 is 0 Å². The largest absolute Gasteiger partial charge is 0.382 e. The van der Waals surface area contributed by atoms with Gasteiger partial charge in [-0.3, -0.25) is 0 Å². The Labute approximate surface area is 124 Å². The maximum atomic E-state index is 5.46. The van der Waals surface area contributed by atoms with Crippen LogP contribution in [0.15, 0.2) is 24.3 Å². The molecule has 1 aromatic rings. The quantitative estimate of drug-likeness (QED) is 0.716. The van der Waals surface area contributed by atoms with E-state index in [9.17, 15) is 0 Å². The number of rotatable bonds is 8. The Hall–Kier alpha value is -0.860. The van der Waals surface area contributed by atoms with E-state index in [0.717, 1.165) is 26.2 Å². The van der Waals surface area contributed by atoms with Gasteiger partial charge < -0.3 is 10.1 Å². The van der Waals surface area contributed by atoms with Crippen molar-refractivity contribution in [2.45, 2.75) is 58.9 Å². The SMILES string of the molecule is CCOCCCC(CNC(C)(C)C)c1ccc(C)cc1. The zero-order chi connectivity index (χ0) is 15.0. The zero-order valence-corrected chi connectivity index (χ0v) is 13.8. The molecular weight excluding hydrogens is 246 g/mol. The molecule has 0 saturated heterocycles. The summed E-state index contributed by atoms with van der Waals surface area (Å²) in [5.74, 6) is 0.565. The van der Waals surface area contributed by atoms with E-state index in [1.54, 1.807) is 0 Å². The van der Waals surface area contributed by atoms with Crippen LogP contribution in [0, 0.1) is 6.92 Å². The van der Waals surface area contributed by atoms with Crippen LogP contribution in [0.2, 0.25) is 0 Å². The molecule has 0 aliphatic carbocycles. The molecule has 2 nitrogen and oxygen atoms in total. The number of benzene rings is 1. The topological polar surface area (TPSA) is 21.3 Å². The van der Waals surface area contributed by atoms with Gasteiger partial charge in [0.25, 0.3) is 0 Å². The third-order valence-electron chi connectivity index (χ3n) is 3.47. The van der Waals surface area contributed by atoms with Crippen LogP contribution in [-0.2, 0) is 4.74 Å². The van der Waals surface area contributed by atoms with E-state index in [1.165, 1.54) is 17.5 Å². The molecule has 1 rings (SSSR count). The molecule has 114 valence electrons. The number of ether oxygens (including phenoxy) is 1. The van der Waals surface area contributed by atoms with E-state index in [0.29, 0.717) is 5.92 Å². The van der Waals surface area contributed by atoms with Crippen molar-refractivity contribution in [3.8, 4) is 0 Å². The second-order valence-corrected chi connectivity index (χ2v) is 6.58. The fourth-order valence-corrected chi connectivity index (χ4v) is 2.23. The van der Waals surface area contributed by atoms with Crippen LogP contribution < -0.4 is 5.32 Å². The smallest absolute Gasteiger partial charge is 0.0466 e. The summed E-state index contributed by atoms with van der Waals surface area (Å²) in [7, 11) is 0. The van der Waals surface area contributed by atoms with Crippen molar-refractivity contribution in [3.63, 3.8) is 0 Å². The Balaban J connectivity index is 2.60. The minimum atomic E-state index is 0.170. The molecule has 1 atom stereocenters. The van der Waals surface area contributed by atoms with E-state index in [2.05, 4.69) is 64.2 Å². The minimum Gasteiger partial charge on any atom is -0.382 e. The lowest BCUT2D eigenvalue weighted by Gasteiger charge is -2.26. The molecule has 1 unspecified atom stereocenters. The first kappa shape index (κ1) is 17.2. The normalized spacial score (nSPS) is 13.4. The molecular formula is C18H31NO. The van der Waals surface area contributed by atoms with Crippen molar-refractivity contribution in [1.29, 1.82) is 0 Å². The maximum absolute atomic E-state index is 5.46. The third kappa shape index (κ3) is 7.06. The van der Waals surface area contributed by atoms with Crippen LogP contribution in [0.25, 0.3) is 0 Å². The van der Waals surface area contributed by atoms with Gasteiger partial charge in [0, 0.05) is 25.3 Å². The Morgan fingerprint density at radius 1 is 1.15 bits per heavy atom. The molecule has 0 radical (unpaired) electrons. The predicted molar refractivity (Wildman–Crippen MR) is 87.4 cm³/mol. The van der Waals surface area contributed by atoms with E-state index in [-0.39, 0.29) is 5.54 Å². The van der Waals surface area contributed by atoms with Crippen LogP contribution in [0.1, 0.15) is 57.6 Å². The summed E-state index contributed by atoms with van der Waals surface area (Å²) in [5, 5.41) is 3.64. The van der Waals surface area contributed by atoms with Crippen molar-refractivity contribution in [1.82, 2.24) is 5.32 Å². The summed E-state index contributed by atoms with van der Waals surface area (Å²) in [6, 6.07) is 8.96. The van der Waals surface area contributed by atoms with Gasteiger partial charge in [0.2, 0.25) is 0 Å². The lowest BCUT2D eigenvalue weighted by molar-refractivity contribution is 0.141. The first-order chi connectivity index (χ1) is 9.42. The fourth-order valence-electron chi connectivity index (χ4n) is 2.23. The molecule has 0 spiro atoms.